The number of aromatic nitrogens is 1. The summed E-state index contributed by atoms with van der Waals surface area (Å²) in [5.74, 6) is -0.718. The van der Waals surface area contributed by atoms with Gasteiger partial charge in [0, 0.05) is 26.8 Å². The molecule has 0 unspecified atom stereocenters. The second kappa shape index (κ2) is 5.57. The first kappa shape index (κ1) is 15.1. The van der Waals surface area contributed by atoms with Gasteiger partial charge in [0.1, 0.15) is 10.6 Å². The Labute approximate surface area is 119 Å². The van der Waals surface area contributed by atoms with E-state index in [2.05, 4.69) is 0 Å². The van der Waals surface area contributed by atoms with Gasteiger partial charge in [0.05, 0.1) is 0 Å². The van der Waals surface area contributed by atoms with E-state index in [0.717, 1.165) is 25.7 Å². The Morgan fingerprint density at radius 1 is 1.45 bits per heavy atom. The van der Waals surface area contributed by atoms with Crippen molar-refractivity contribution in [3.8, 4) is 0 Å². The van der Waals surface area contributed by atoms with E-state index in [0.29, 0.717) is 12.5 Å². The molecule has 1 heterocycles. The third kappa shape index (κ3) is 2.88. The van der Waals surface area contributed by atoms with Gasteiger partial charge in [0.2, 0.25) is 10.0 Å². The lowest BCUT2D eigenvalue weighted by molar-refractivity contribution is 0.0686. The fraction of sp³-hybridized carbons (Fsp3) is 0.615. The predicted molar refractivity (Wildman–Crippen MR) is 74.1 cm³/mol. The number of aryl methyl sites for hydroxylation is 1. The van der Waals surface area contributed by atoms with Crippen LogP contribution in [0.15, 0.2) is 17.2 Å². The van der Waals surface area contributed by atoms with Crippen molar-refractivity contribution in [2.24, 2.45) is 13.0 Å². The Kier molecular flexibility index (Phi) is 4.19. The molecule has 1 aliphatic carbocycles. The summed E-state index contributed by atoms with van der Waals surface area (Å²) in [6.45, 7) is 0.500. The number of hydrogen-bond donors (Lipinski definition) is 1. The molecule has 0 saturated heterocycles. The topological polar surface area (TPSA) is 79.6 Å². The summed E-state index contributed by atoms with van der Waals surface area (Å²) >= 11 is 0. The van der Waals surface area contributed by atoms with Crippen molar-refractivity contribution in [1.82, 2.24) is 8.87 Å². The average molecular weight is 300 g/mol. The lowest BCUT2D eigenvalue weighted by atomic mass is 10.1. The average Bonchev–Trinajstić information content (AvgIpc) is 2.98. The number of carbonyl (C=O) groups is 1. The highest BCUT2D eigenvalue weighted by molar-refractivity contribution is 7.89. The Morgan fingerprint density at radius 2 is 2.05 bits per heavy atom. The van der Waals surface area contributed by atoms with Crippen molar-refractivity contribution < 1.29 is 18.3 Å². The molecule has 0 aromatic carbocycles. The van der Waals surface area contributed by atoms with Crippen LogP contribution in [0, 0.1) is 5.92 Å². The molecule has 0 spiro atoms. The van der Waals surface area contributed by atoms with Gasteiger partial charge in [0.25, 0.3) is 0 Å². The molecule has 0 amide bonds. The normalized spacial score (nSPS) is 16.9. The van der Waals surface area contributed by atoms with Crippen LogP contribution in [0.3, 0.4) is 0 Å². The highest BCUT2D eigenvalue weighted by Gasteiger charge is 2.27. The lowest BCUT2D eigenvalue weighted by Crippen LogP contribution is -2.31. The van der Waals surface area contributed by atoms with Gasteiger partial charge in [-0.3, -0.25) is 0 Å². The smallest absolute Gasteiger partial charge is 0.352 e. The second-order valence-electron chi connectivity index (χ2n) is 5.41. The summed E-state index contributed by atoms with van der Waals surface area (Å²) in [5.41, 5.74) is -0.0298. The van der Waals surface area contributed by atoms with Crippen LogP contribution in [-0.2, 0) is 17.1 Å². The zero-order chi connectivity index (χ0) is 14.9. The number of carboxylic acids is 1. The van der Waals surface area contributed by atoms with E-state index in [4.69, 9.17) is 5.11 Å². The lowest BCUT2D eigenvalue weighted by Gasteiger charge is -2.20. The van der Waals surface area contributed by atoms with E-state index in [1.807, 2.05) is 0 Å². The van der Waals surface area contributed by atoms with Gasteiger partial charge in [-0.15, -0.1) is 0 Å². The summed E-state index contributed by atoms with van der Waals surface area (Å²) < 4.78 is 27.5. The van der Waals surface area contributed by atoms with Crippen molar-refractivity contribution in [1.29, 1.82) is 0 Å². The molecule has 0 aliphatic heterocycles. The molecule has 0 radical (unpaired) electrons. The van der Waals surface area contributed by atoms with Crippen molar-refractivity contribution in [3.05, 3.63) is 18.0 Å². The molecule has 20 heavy (non-hydrogen) atoms. The zero-order valence-electron chi connectivity index (χ0n) is 11.7. The molecule has 0 atom stereocenters. The van der Waals surface area contributed by atoms with Gasteiger partial charge in [-0.1, -0.05) is 12.8 Å². The molecule has 1 fully saturated rings. The second-order valence-corrected chi connectivity index (χ2v) is 7.46. The Hall–Kier alpha value is -1.34. The SMILES string of the molecule is CN(CC1CCCC1)S(=O)(=O)c1cc(C(=O)O)n(C)c1. The van der Waals surface area contributed by atoms with E-state index in [-0.39, 0.29) is 10.6 Å². The zero-order valence-corrected chi connectivity index (χ0v) is 12.6. The van der Waals surface area contributed by atoms with Crippen molar-refractivity contribution in [3.63, 3.8) is 0 Å². The summed E-state index contributed by atoms with van der Waals surface area (Å²) in [7, 11) is -0.529. The standard InChI is InChI=1S/C13H20N2O4S/c1-14-9-11(7-12(14)13(16)17)20(18,19)15(2)8-10-5-3-4-6-10/h7,9-10H,3-6,8H2,1-2H3,(H,16,17). The monoisotopic (exact) mass is 300 g/mol. The van der Waals surface area contributed by atoms with Crippen molar-refractivity contribution in [2.75, 3.05) is 13.6 Å². The molecule has 0 bridgehead atoms. The Bertz CT molecular complexity index is 600. The molecule has 1 aromatic rings. The van der Waals surface area contributed by atoms with E-state index >= 15 is 0 Å². The first-order chi connectivity index (χ1) is 9.32. The number of hydrogen-bond acceptors (Lipinski definition) is 3. The minimum Gasteiger partial charge on any atom is -0.477 e. The maximum atomic E-state index is 12.4. The van der Waals surface area contributed by atoms with Gasteiger partial charge in [-0.05, 0) is 24.8 Å². The maximum absolute atomic E-state index is 12.4. The first-order valence-corrected chi connectivity index (χ1v) is 8.12. The van der Waals surface area contributed by atoms with E-state index in [9.17, 15) is 13.2 Å². The van der Waals surface area contributed by atoms with Gasteiger partial charge in [-0.25, -0.2) is 17.5 Å². The first-order valence-electron chi connectivity index (χ1n) is 6.68. The minimum atomic E-state index is -3.61. The van der Waals surface area contributed by atoms with Crippen molar-refractivity contribution >= 4 is 16.0 Å². The molecular formula is C13H20N2O4S. The van der Waals surface area contributed by atoms with Crippen LogP contribution in [0.2, 0.25) is 0 Å². The fourth-order valence-corrected chi connectivity index (χ4v) is 4.04. The molecule has 7 heteroatoms. The number of aromatic carboxylic acids is 1. The van der Waals surface area contributed by atoms with Gasteiger partial charge in [-0.2, -0.15) is 0 Å². The third-order valence-electron chi connectivity index (χ3n) is 3.90. The Morgan fingerprint density at radius 3 is 2.55 bits per heavy atom. The van der Waals surface area contributed by atoms with Crippen LogP contribution in [-0.4, -0.2) is 42.0 Å². The van der Waals surface area contributed by atoms with E-state index in [1.54, 1.807) is 7.05 Å². The third-order valence-corrected chi connectivity index (χ3v) is 5.69. The largest absolute Gasteiger partial charge is 0.477 e. The summed E-state index contributed by atoms with van der Waals surface area (Å²) in [5, 5.41) is 8.98. The highest BCUT2D eigenvalue weighted by Crippen LogP contribution is 2.27. The molecule has 6 nitrogen and oxygen atoms in total. The van der Waals surface area contributed by atoms with Crippen LogP contribution in [0.25, 0.3) is 0 Å². The molecule has 112 valence electrons. The molecule has 1 N–H and O–H groups in total. The van der Waals surface area contributed by atoms with Gasteiger partial charge >= 0.3 is 5.97 Å². The quantitative estimate of drug-likeness (QED) is 0.894. The molecule has 1 aromatic heterocycles. The predicted octanol–water partition coefficient (Wildman–Crippen LogP) is 1.53. The number of nitrogens with zero attached hydrogens (tertiary/aromatic N) is 2. The van der Waals surface area contributed by atoms with Gasteiger partial charge in [0.15, 0.2) is 0 Å². The Balaban J connectivity index is 2.20. The fourth-order valence-electron chi connectivity index (χ4n) is 2.72. The summed E-state index contributed by atoms with van der Waals surface area (Å²) in [6, 6.07) is 1.21. The summed E-state index contributed by atoms with van der Waals surface area (Å²) in [4.78, 5) is 11.0. The molecule has 1 saturated carbocycles. The van der Waals surface area contributed by atoms with Crippen LogP contribution in [0.5, 0.6) is 0 Å². The van der Waals surface area contributed by atoms with E-state index in [1.165, 1.54) is 28.2 Å². The number of carboxylic acid groups (broad SMARTS) is 1. The van der Waals surface area contributed by atoms with Crippen LogP contribution in [0.1, 0.15) is 36.2 Å². The minimum absolute atomic E-state index is 0.0298. The van der Waals surface area contributed by atoms with Crippen LogP contribution in [0.4, 0.5) is 0 Å². The summed E-state index contributed by atoms with van der Waals surface area (Å²) in [6.07, 6.45) is 5.80. The van der Waals surface area contributed by atoms with Crippen LogP contribution < -0.4 is 0 Å². The van der Waals surface area contributed by atoms with Crippen molar-refractivity contribution in [2.45, 2.75) is 30.6 Å². The van der Waals surface area contributed by atoms with Gasteiger partial charge < -0.3 is 9.67 Å². The molecule has 1 aliphatic rings. The number of sulfonamides is 1. The maximum Gasteiger partial charge on any atom is 0.352 e. The highest BCUT2D eigenvalue weighted by atomic mass is 32.2. The van der Waals surface area contributed by atoms with E-state index < -0.39 is 16.0 Å². The molecule has 2 rings (SSSR count). The molecular weight excluding hydrogens is 280 g/mol. The van der Waals surface area contributed by atoms with Crippen LogP contribution >= 0.6 is 0 Å². The number of rotatable bonds is 5.